The van der Waals surface area contributed by atoms with Gasteiger partial charge in [-0.15, -0.1) is 11.8 Å². The van der Waals surface area contributed by atoms with Crippen molar-refractivity contribution in [3.8, 4) is 11.5 Å². The molecule has 2 rings (SSSR count). The van der Waals surface area contributed by atoms with E-state index in [4.69, 9.17) is 9.47 Å². The Morgan fingerprint density at radius 2 is 2.29 bits per heavy atom. The third kappa shape index (κ3) is 1.95. The van der Waals surface area contributed by atoms with Gasteiger partial charge in [-0.05, 0) is 19.1 Å². The highest BCUT2D eigenvalue weighted by Crippen LogP contribution is 2.37. The summed E-state index contributed by atoms with van der Waals surface area (Å²) in [7, 11) is 1.65. The van der Waals surface area contributed by atoms with Crippen molar-refractivity contribution in [2.24, 2.45) is 0 Å². The SMILES string of the molecule is COc1c(OC2CC2)ccnc1SC. The van der Waals surface area contributed by atoms with Gasteiger partial charge in [0, 0.05) is 12.3 Å². The normalized spacial score (nSPS) is 15.3. The van der Waals surface area contributed by atoms with Gasteiger partial charge < -0.3 is 9.47 Å². The molecule has 1 aliphatic rings. The summed E-state index contributed by atoms with van der Waals surface area (Å²) in [5.41, 5.74) is 0. The Bertz CT molecular complexity index is 326. The van der Waals surface area contributed by atoms with Crippen molar-refractivity contribution in [2.45, 2.75) is 24.0 Å². The van der Waals surface area contributed by atoms with Gasteiger partial charge in [0.05, 0.1) is 13.2 Å². The minimum atomic E-state index is 0.390. The lowest BCUT2D eigenvalue weighted by atomic mass is 10.4. The second-order valence-electron chi connectivity index (χ2n) is 3.17. The van der Waals surface area contributed by atoms with Crippen LogP contribution in [0.1, 0.15) is 12.8 Å². The van der Waals surface area contributed by atoms with E-state index in [2.05, 4.69) is 4.98 Å². The molecule has 0 spiro atoms. The molecule has 1 saturated carbocycles. The summed E-state index contributed by atoms with van der Waals surface area (Å²) in [5, 5.41) is 0.880. The minimum absolute atomic E-state index is 0.390. The molecule has 0 unspecified atom stereocenters. The van der Waals surface area contributed by atoms with Crippen molar-refractivity contribution in [3.63, 3.8) is 0 Å². The van der Waals surface area contributed by atoms with E-state index in [0.717, 1.165) is 29.4 Å². The number of rotatable bonds is 4. The van der Waals surface area contributed by atoms with Gasteiger partial charge in [-0.1, -0.05) is 0 Å². The van der Waals surface area contributed by atoms with Gasteiger partial charge >= 0.3 is 0 Å². The van der Waals surface area contributed by atoms with Crippen LogP contribution in [0.2, 0.25) is 0 Å². The van der Waals surface area contributed by atoms with Crippen LogP contribution in [0, 0.1) is 0 Å². The van der Waals surface area contributed by atoms with Crippen LogP contribution in [-0.4, -0.2) is 24.5 Å². The molecule has 1 heterocycles. The van der Waals surface area contributed by atoms with Gasteiger partial charge in [0.2, 0.25) is 0 Å². The fraction of sp³-hybridized carbons (Fsp3) is 0.500. The predicted octanol–water partition coefficient (Wildman–Crippen LogP) is 2.35. The molecule has 3 nitrogen and oxygen atoms in total. The maximum Gasteiger partial charge on any atom is 0.193 e. The Kier molecular flexibility index (Phi) is 2.82. The summed E-state index contributed by atoms with van der Waals surface area (Å²) in [5.74, 6) is 1.57. The van der Waals surface area contributed by atoms with Crippen LogP contribution in [0.25, 0.3) is 0 Å². The molecule has 0 atom stereocenters. The zero-order chi connectivity index (χ0) is 9.97. The molecule has 1 aromatic rings. The highest BCUT2D eigenvalue weighted by atomic mass is 32.2. The highest BCUT2D eigenvalue weighted by molar-refractivity contribution is 7.98. The topological polar surface area (TPSA) is 31.4 Å². The Morgan fingerprint density at radius 3 is 2.86 bits per heavy atom. The third-order valence-corrected chi connectivity index (χ3v) is 2.73. The van der Waals surface area contributed by atoms with Crippen LogP contribution in [0.4, 0.5) is 0 Å². The average Bonchev–Trinajstić information content (AvgIpc) is 3.01. The summed E-state index contributed by atoms with van der Waals surface area (Å²) in [6.45, 7) is 0. The molecule has 1 aromatic heterocycles. The molecule has 0 N–H and O–H groups in total. The second kappa shape index (κ2) is 4.09. The molecule has 0 aromatic carbocycles. The number of thioether (sulfide) groups is 1. The Balaban J connectivity index is 2.26. The largest absolute Gasteiger partial charge is 0.490 e. The van der Waals surface area contributed by atoms with Crippen molar-refractivity contribution in [1.29, 1.82) is 0 Å². The van der Waals surface area contributed by atoms with Crippen molar-refractivity contribution < 1.29 is 9.47 Å². The first kappa shape index (κ1) is 9.65. The Labute approximate surface area is 87.8 Å². The first-order chi connectivity index (χ1) is 6.85. The van der Waals surface area contributed by atoms with Gasteiger partial charge in [0.25, 0.3) is 0 Å². The minimum Gasteiger partial charge on any atom is -0.490 e. The highest BCUT2D eigenvalue weighted by Gasteiger charge is 2.25. The molecular weight excluding hydrogens is 198 g/mol. The summed E-state index contributed by atoms with van der Waals surface area (Å²) >= 11 is 1.57. The molecule has 0 saturated heterocycles. The van der Waals surface area contributed by atoms with Crippen LogP contribution in [0.15, 0.2) is 17.3 Å². The Morgan fingerprint density at radius 1 is 1.50 bits per heavy atom. The van der Waals surface area contributed by atoms with Gasteiger partial charge in [-0.2, -0.15) is 0 Å². The van der Waals surface area contributed by atoms with E-state index in [1.54, 1.807) is 25.1 Å². The van der Waals surface area contributed by atoms with Crippen molar-refractivity contribution >= 4 is 11.8 Å². The maximum atomic E-state index is 5.71. The molecule has 0 amide bonds. The van der Waals surface area contributed by atoms with Gasteiger partial charge in [-0.3, -0.25) is 0 Å². The monoisotopic (exact) mass is 211 g/mol. The van der Waals surface area contributed by atoms with Gasteiger partial charge in [-0.25, -0.2) is 4.98 Å². The van der Waals surface area contributed by atoms with Crippen LogP contribution in [0.3, 0.4) is 0 Å². The van der Waals surface area contributed by atoms with Crippen LogP contribution < -0.4 is 9.47 Å². The lowest BCUT2D eigenvalue weighted by Gasteiger charge is -2.11. The van der Waals surface area contributed by atoms with E-state index in [1.807, 2.05) is 12.3 Å². The Hall–Kier alpha value is -0.900. The van der Waals surface area contributed by atoms with E-state index in [0.29, 0.717) is 6.10 Å². The molecular formula is C10H13NO2S. The summed E-state index contributed by atoms with van der Waals surface area (Å²) in [6.07, 6.45) is 6.43. The quantitative estimate of drug-likeness (QED) is 0.715. The van der Waals surface area contributed by atoms with Crippen LogP contribution in [-0.2, 0) is 0 Å². The summed E-state index contributed by atoms with van der Waals surface area (Å²) < 4.78 is 11.0. The number of hydrogen-bond acceptors (Lipinski definition) is 4. The number of pyridine rings is 1. The lowest BCUT2D eigenvalue weighted by molar-refractivity contribution is 0.277. The fourth-order valence-corrected chi connectivity index (χ4v) is 1.74. The molecule has 4 heteroatoms. The van der Waals surface area contributed by atoms with Gasteiger partial charge in [0.1, 0.15) is 5.03 Å². The molecule has 0 aliphatic heterocycles. The number of methoxy groups -OCH3 is 1. The van der Waals surface area contributed by atoms with E-state index >= 15 is 0 Å². The van der Waals surface area contributed by atoms with Crippen LogP contribution in [0.5, 0.6) is 11.5 Å². The molecule has 0 radical (unpaired) electrons. The maximum absolute atomic E-state index is 5.71. The smallest absolute Gasteiger partial charge is 0.193 e. The molecule has 1 fully saturated rings. The van der Waals surface area contributed by atoms with Crippen molar-refractivity contribution in [2.75, 3.05) is 13.4 Å². The van der Waals surface area contributed by atoms with Crippen LogP contribution >= 0.6 is 11.8 Å². The average molecular weight is 211 g/mol. The lowest BCUT2D eigenvalue weighted by Crippen LogP contribution is -2.00. The number of aromatic nitrogens is 1. The van der Waals surface area contributed by atoms with E-state index in [9.17, 15) is 0 Å². The van der Waals surface area contributed by atoms with E-state index in [-0.39, 0.29) is 0 Å². The second-order valence-corrected chi connectivity index (χ2v) is 3.96. The number of ether oxygens (including phenoxy) is 2. The standard InChI is InChI=1S/C10H13NO2S/c1-12-9-8(13-7-3-4-7)5-6-11-10(9)14-2/h5-7H,3-4H2,1-2H3. The van der Waals surface area contributed by atoms with Crippen molar-refractivity contribution in [1.82, 2.24) is 4.98 Å². The molecule has 1 aliphatic carbocycles. The number of hydrogen-bond donors (Lipinski definition) is 0. The summed E-state index contributed by atoms with van der Waals surface area (Å²) in [6, 6.07) is 1.86. The van der Waals surface area contributed by atoms with Gasteiger partial charge in [0.15, 0.2) is 11.5 Å². The zero-order valence-electron chi connectivity index (χ0n) is 8.32. The molecule has 0 bridgehead atoms. The predicted molar refractivity (Wildman–Crippen MR) is 56.2 cm³/mol. The zero-order valence-corrected chi connectivity index (χ0v) is 9.13. The van der Waals surface area contributed by atoms with E-state index < -0.39 is 0 Å². The fourth-order valence-electron chi connectivity index (χ4n) is 1.20. The third-order valence-electron chi connectivity index (χ3n) is 2.05. The first-order valence-corrected chi connectivity index (χ1v) is 5.81. The first-order valence-electron chi connectivity index (χ1n) is 4.58. The number of nitrogens with zero attached hydrogens (tertiary/aromatic N) is 1. The molecule has 14 heavy (non-hydrogen) atoms. The molecule has 76 valence electrons. The van der Waals surface area contributed by atoms with Crippen molar-refractivity contribution in [3.05, 3.63) is 12.3 Å². The summed E-state index contributed by atoms with van der Waals surface area (Å²) in [4.78, 5) is 4.21. The van der Waals surface area contributed by atoms with E-state index in [1.165, 1.54) is 0 Å².